The first kappa shape index (κ1) is 15.1. The minimum atomic E-state index is -5.77. The van der Waals surface area contributed by atoms with Crippen molar-refractivity contribution in [2.45, 2.75) is 18.0 Å². The molecule has 0 saturated carbocycles. The van der Waals surface area contributed by atoms with Crippen molar-refractivity contribution in [1.82, 2.24) is 0 Å². The summed E-state index contributed by atoms with van der Waals surface area (Å²) in [5.74, 6) is -0.794. The lowest BCUT2D eigenvalue weighted by Crippen LogP contribution is -2.60. The molecule has 21 heavy (non-hydrogen) atoms. The molecule has 113 valence electrons. The first-order valence-corrected chi connectivity index (χ1v) is 5.20. The van der Waals surface area contributed by atoms with Crippen LogP contribution in [0.15, 0.2) is 24.3 Å². The molecule has 0 unspecified atom stereocenters. The molecule has 0 N–H and O–H groups in total. The predicted octanol–water partition coefficient (Wildman–Crippen LogP) is 3.56. The van der Waals surface area contributed by atoms with E-state index in [1.807, 2.05) is 0 Å². The second-order valence-corrected chi connectivity index (χ2v) is 4.06. The van der Waals surface area contributed by atoms with Gasteiger partial charge in [-0.15, -0.1) is 0 Å². The molecular weight excluding hydrogens is 308 g/mol. The molecule has 4 nitrogen and oxygen atoms in total. The van der Waals surface area contributed by atoms with E-state index in [-0.39, 0.29) is 11.6 Å². The van der Waals surface area contributed by atoms with Crippen molar-refractivity contribution in [2.24, 2.45) is 0 Å². The standard InChI is InChI=1S/C11H4F6NO3/c12-10(13,14)9(11(15,16)17)4-3-6-5-7(18(19)20)1-2-8(6)21-9/h1-2,4-5H. The molecule has 0 aliphatic carbocycles. The summed E-state index contributed by atoms with van der Waals surface area (Å²) in [6.07, 6.45) is -10.1. The van der Waals surface area contributed by atoms with Crippen molar-refractivity contribution >= 4 is 5.69 Å². The van der Waals surface area contributed by atoms with Crippen LogP contribution >= 0.6 is 0 Å². The van der Waals surface area contributed by atoms with Crippen LogP contribution in [0.3, 0.4) is 0 Å². The molecule has 10 heteroatoms. The number of fused-ring (bicyclic) bond motifs is 1. The lowest BCUT2D eigenvalue weighted by atomic mass is 9.96. The molecule has 0 atom stereocenters. The molecule has 1 heterocycles. The Labute approximate surface area is 112 Å². The summed E-state index contributed by atoms with van der Waals surface area (Å²) in [6, 6.07) is 2.17. The van der Waals surface area contributed by atoms with Crippen LogP contribution in [0, 0.1) is 16.2 Å². The van der Waals surface area contributed by atoms with Crippen molar-refractivity contribution in [3.8, 4) is 5.75 Å². The number of nitrogens with zero attached hydrogens (tertiary/aromatic N) is 1. The smallest absolute Gasteiger partial charge is 0.441 e. The summed E-state index contributed by atoms with van der Waals surface area (Å²) in [5.41, 5.74) is -5.40. The second-order valence-electron chi connectivity index (χ2n) is 4.06. The topological polar surface area (TPSA) is 52.4 Å². The monoisotopic (exact) mass is 312 g/mol. The highest BCUT2D eigenvalue weighted by molar-refractivity contribution is 5.49. The third-order valence-electron chi connectivity index (χ3n) is 2.72. The van der Waals surface area contributed by atoms with Gasteiger partial charge in [-0.3, -0.25) is 10.1 Å². The fourth-order valence-corrected chi connectivity index (χ4v) is 1.66. The SMILES string of the molecule is O=[N+]([O-])c1ccc2c(c1)[C]=CC(C(F)(F)F)(C(F)(F)F)O2. The molecule has 1 aromatic rings. The number of nitro benzene ring substituents is 1. The van der Waals surface area contributed by atoms with Gasteiger partial charge >= 0.3 is 18.0 Å². The summed E-state index contributed by atoms with van der Waals surface area (Å²) >= 11 is 0. The minimum Gasteiger partial charge on any atom is -0.464 e. The van der Waals surface area contributed by atoms with Gasteiger partial charge in [0, 0.05) is 17.7 Å². The second kappa shape index (κ2) is 4.37. The lowest BCUT2D eigenvalue weighted by molar-refractivity contribution is -0.385. The van der Waals surface area contributed by atoms with Crippen molar-refractivity contribution in [3.63, 3.8) is 0 Å². The maximum Gasteiger partial charge on any atom is 0.441 e. The summed E-state index contributed by atoms with van der Waals surface area (Å²) in [5, 5.41) is 10.5. The number of hydrogen-bond donors (Lipinski definition) is 0. The van der Waals surface area contributed by atoms with Crippen LogP contribution in [0.2, 0.25) is 0 Å². The van der Waals surface area contributed by atoms with Crippen LogP contribution in [0.5, 0.6) is 5.75 Å². The summed E-state index contributed by atoms with van der Waals surface area (Å²) in [4.78, 5) is 9.65. The average molecular weight is 312 g/mol. The highest BCUT2D eigenvalue weighted by Gasteiger charge is 2.73. The zero-order valence-corrected chi connectivity index (χ0v) is 9.75. The number of benzene rings is 1. The van der Waals surface area contributed by atoms with Crippen LogP contribution < -0.4 is 4.74 Å². The fourth-order valence-electron chi connectivity index (χ4n) is 1.66. The molecule has 1 aliphatic rings. The van der Waals surface area contributed by atoms with E-state index in [0.29, 0.717) is 6.07 Å². The van der Waals surface area contributed by atoms with Crippen LogP contribution in [0.25, 0.3) is 0 Å². The van der Waals surface area contributed by atoms with E-state index in [4.69, 9.17) is 0 Å². The number of halogens is 6. The van der Waals surface area contributed by atoms with E-state index in [9.17, 15) is 36.5 Å². The number of ether oxygens (including phenoxy) is 1. The van der Waals surface area contributed by atoms with E-state index in [1.54, 1.807) is 6.08 Å². The predicted molar refractivity (Wildman–Crippen MR) is 55.5 cm³/mol. The Bertz CT molecular complexity index is 605. The lowest BCUT2D eigenvalue weighted by Gasteiger charge is -2.37. The Morgan fingerprint density at radius 3 is 2.19 bits per heavy atom. The molecule has 0 amide bonds. The van der Waals surface area contributed by atoms with Gasteiger partial charge in [-0.25, -0.2) is 0 Å². The van der Waals surface area contributed by atoms with E-state index in [2.05, 4.69) is 4.74 Å². The van der Waals surface area contributed by atoms with Crippen molar-refractivity contribution in [1.29, 1.82) is 0 Å². The Balaban J connectivity index is 2.55. The van der Waals surface area contributed by atoms with Gasteiger partial charge in [-0.05, 0) is 18.2 Å². The van der Waals surface area contributed by atoms with Crippen molar-refractivity contribution < 1.29 is 36.0 Å². The zero-order valence-electron chi connectivity index (χ0n) is 9.75. The number of nitro groups is 1. The summed E-state index contributed by atoms with van der Waals surface area (Å²) < 4.78 is 80.7. The largest absolute Gasteiger partial charge is 0.464 e. The molecular formula is C11H4F6NO3. The van der Waals surface area contributed by atoms with Gasteiger partial charge in [0.25, 0.3) is 5.69 Å². The van der Waals surface area contributed by atoms with E-state index < -0.39 is 34.3 Å². The number of hydrogen-bond acceptors (Lipinski definition) is 3. The van der Waals surface area contributed by atoms with Crippen molar-refractivity contribution in [3.05, 3.63) is 46.0 Å². The molecule has 2 rings (SSSR count). The molecule has 1 radical (unpaired) electrons. The fraction of sp³-hybridized carbons (Fsp3) is 0.273. The first-order chi connectivity index (χ1) is 9.48. The minimum absolute atomic E-state index is 0.320. The van der Waals surface area contributed by atoms with Crippen molar-refractivity contribution in [2.75, 3.05) is 0 Å². The van der Waals surface area contributed by atoms with Crippen LogP contribution in [-0.4, -0.2) is 22.9 Å². The van der Waals surface area contributed by atoms with E-state index in [1.165, 1.54) is 0 Å². The Morgan fingerprint density at radius 2 is 1.71 bits per heavy atom. The molecule has 0 aromatic heterocycles. The molecule has 0 spiro atoms. The highest BCUT2D eigenvalue weighted by atomic mass is 19.4. The summed E-state index contributed by atoms with van der Waals surface area (Å²) in [7, 11) is 0. The Hall–Kier alpha value is -2.26. The van der Waals surface area contributed by atoms with Gasteiger partial charge in [0.1, 0.15) is 5.75 Å². The van der Waals surface area contributed by atoms with Gasteiger partial charge in [-0.1, -0.05) is 0 Å². The number of rotatable bonds is 1. The maximum absolute atomic E-state index is 12.8. The maximum atomic E-state index is 12.8. The Kier molecular flexibility index (Phi) is 3.15. The highest BCUT2D eigenvalue weighted by Crippen LogP contribution is 2.49. The van der Waals surface area contributed by atoms with Crippen LogP contribution in [0.1, 0.15) is 5.56 Å². The molecule has 0 bridgehead atoms. The Morgan fingerprint density at radius 1 is 1.14 bits per heavy atom. The zero-order chi connectivity index (χ0) is 16.1. The first-order valence-electron chi connectivity index (χ1n) is 5.20. The third-order valence-corrected chi connectivity index (χ3v) is 2.72. The molecule has 1 aromatic carbocycles. The quantitative estimate of drug-likeness (QED) is 0.452. The van der Waals surface area contributed by atoms with Gasteiger partial charge in [0.15, 0.2) is 0 Å². The van der Waals surface area contributed by atoms with E-state index in [0.717, 1.165) is 12.1 Å². The normalized spacial score (nSPS) is 17.0. The van der Waals surface area contributed by atoms with E-state index >= 15 is 0 Å². The van der Waals surface area contributed by atoms with Gasteiger partial charge in [0.05, 0.1) is 4.92 Å². The number of non-ortho nitro benzene ring substituents is 1. The number of alkyl halides is 6. The van der Waals surface area contributed by atoms with Gasteiger partial charge in [0.2, 0.25) is 0 Å². The van der Waals surface area contributed by atoms with Gasteiger partial charge in [-0.2, -0.15) is 26.3 Å². The molecule has 0 fully saturated rings. The van der Waals surface area contributed by atoms with Crippen LogP contribution in [-0.2, 0) is 0 Å². The van der Waals surface area contributed by atoms with Crippen LogP contribution in [0.4, 0.5) is 32.0 Å². The molecule has 1 aliphatic heterocycles. The molecule has 0 saturated heterocycles. The third kappa shape index (κ3) is 2.30. The average Bonchev–Trinajstić information content (AvgIpc) is 2.34. The van der Waals surface area contributed by atoms with Gasteiger partial charge < -0.3 is 4.74 Å². The summed E-state index contributed by atoms with van der Waals surface area (Å²) in [6.45, 7) is 0.